The SMILES string of the molecule is CN(Cc1ccc(Br)cc1)Cc1ccccc1CN. The topological polar surface area (TPSA) is 29.3 Å². The second-order valence-corrected chi connectivity index (χ2v) is 5.69. The third-order valence-corrected chi connectivity index (χ3v) is 3.67. The third kappa shape index (κ3) is 4.16. The minimum absolute atomic E-state index is 0.600. The van der Waals surface area contributed by atoms with Gasteiger partial charge in [-0.3, -0.25) is 4.90 Å². The summed E-state index contributed by atoms with van der Waals surface area (Å²) < 4.78 is 1.12. The zero-order chi connectivity index (χ0) is 13.7. The summed E-state index contributed by atoms with van der Waals surface area (Å²) in [7, 11) is 2.13. The van der Waals surface area contributed by atoms with E-state index in [0.29, 0.717) is 6.54 Å². The van der Waals surface area contributed by atoms with Crippen molar-refractivity contribution in [3.8, 4) is 0 Å². The summed E-state index contributed by atoms with van der Waals surface area (Å²) in [6.07, 6.45) is 0. The predicted molar refractivity (Wildman–Crippen MR) is 83.6 cm³/mol. The van der Waals surface area contributed by atoms with Crippen LogP contribution in [-0.2, 0) is 19.6 Å². The van der Waals surface area contributed by atoms with Crippen LogP contribution in [0, 0.1) is 0 Å². The van der Waals surface area contributed by atoms with E-state index >= 15 is 0 Å². The Morgan fingerprint density at radius 2 is 1.58 bits per heavy atom. The van der Waals surface area contributed by atoms with Crippen LogP contribution in [0.1, 0.15) is 16.7 Å². The number of hydrogen-bond donors (Lipinski definition) is 1. The number of rotatable bonds is 5. The van der Waals surface area contributed by atoms with E-state index in [1.165, 1.54) is 16.7 Å². The van der Waals surface area contributed by atoms with Crippen molar-refractivity contribution in [2.75, 3.05) is 7.05 Å². The Bertz CT molecular complexity index is 523. The van der Waals surface area contributed by atoms with Crippen molar-refractivity contribution in [3.05, 3.63) is 69.7 Å². The smallest absolute Gasteiger partial charge is 0.0237 e. The van der Waals surface area contributed by atoms with Crippen molar-refractivity contribution in [1.82, 2.24) is 4.90 Å². The highest BCUT2D eigenvalue weighted by molar-refractivity contribution is 9.10. The first-order chi connectivity index (χ1) is 9.19. The highest BCUT2D eigenvalue weighted by Crippen LogP contribution is 2.14. The first-order valence-corrected chi connectivity index (χ1v) is 7.18. The van der Waals surface area contributed by atoms with Crippen LogP contribution in [0.4, 0.5) is 0 Å². The molecule has 0 aliphatic rings. The molecule has 0 bridgehead atoms. The van der Waals surface area contributed by atoms with Crippen molar-refractivity contribution in [2.24, 2.45) is 5.73 Å². The second-order valence-electron chi connectivity index (χ2n) is 4.77. The van der Waals surface area contributed by atoms with Gasteiger partial charge in [0, 0.05) is 24.1 Å². The summed E-state index contributed by atoms with van der Waals surface area (Å²) in [5.74, 6) is 0. The van der Waals surface area contributed by atoms with E-state index in [9.17, 15) is 0 Å². The molecule has 19 heavy (non-hydrogen) atoms. The van der Waals surface area contributed by atoms with Crippen LogP contribution in [0.2, 0.25) is 0 Å². The molecule has 0 saturated carbocycles. The van der Waals surface area contributed by atoms with Crippen LogP contribution >= 0.6 is 15.9 Å². The molecule has 2 rings (SSSR count). The molecule has 0 aliphatic carbocycles. The molecular formula is C16H19BrN2. The lowest BCUT2D eigenvalue weighted by atomic mass is 10.1. The van der Waals surface area contributed by atoms with Gasteiger partial charge in [0.15, 0.2) is 0 Å². The van der Waals surface area contributed by atoms with E-state index in [1.54, 1.807) is 0 Å². The molecule has 2 nitrogen and oxygen atoms in total. The summed E-state index contributed by atoms with van der Waals surface area (Å²) in [4.78, 5) is 2.30. The van der Waals surface area contributed by atoms with E-state index in [-0.39, 0.29) is 0 Å². The fraction of sp³-hybridized carbons (Fsp3) is 0.250. The summed E-state index contributed by atoms with van der Waals surface area (Å²) in [5, 5.41) is 0. The van der Waals surface area contributed by atoms with Gasteiger partial charge >= 0.3 is 0 Å². The lowest BCUT2D eigenvalue weighted by Gasteiger charge is -2.18. The van der Waals surface area contributed by atoms with E-state index in [4.69, 9.17) is 5.73 Å². The van der Waals surface area contributed by atoms with Gasteiger partial charge < -0.3 is 5.73 Å². The van der Waals surface area contributed by atoms with Gasteiger partial charge in [-0.15, -0.1) is 0 Å². The Balaban J connectivity index is 2.01. The molecule has 0 aliphatic heterocycles. The number of halogens is 1. The number of nitrogens with two attached hydrogens (primary N) is 1. The van der Waals surface area contributed by atoms with E-state index < -0.39 is 0 Å². The Labute approximate surface area is 123 Å². The maximum Gasteiger partial charge on any atom is 0.0237 e. The van der Waals surface area contributed by atoms with E-state index in [2.05, 4.69) is 70.3 Å². The molecule has 0 amide bonds. The molecule has 2 N–H and O–H groups in total. The van der Waals surface area contributed by atoms with Gasteiger partial charge in [0.1, 0.15) is 0 Å². The molecule has 2 aromatic rings. The molecule has 0 atom stereocenters. The maximum absolute atomic E-state index is 5.77. The minimum atomic E-state index is 0.600. The van der Waals surface area contributed by atoms with Crippen molar-refractivity contribution in [2.45, 2.75) is 19.6 Å². The standard InChI is InChI=1S/C16H19BrN2/c1-19(11-13-6-8-16(17)9-7-13)12-15-5-3-2-4-14(15)10-18/h2-9H,10-12,18H2,1H3. The monoisotopic (exact) mass is 318 g/mol. The summed E-state index contributed by atoms with van der Waals surface area (Å²) in [5.41, 5.74) is 9.62. The zero-order valence-electron chi connectivity index (χ0n) is 11.1. The highest BCUT2D eigenvalue weighted by atomic mass is 79.9. The largest absolute Gasteiger partial charge is 0.326 e. The van der Waals surface area contributed by atoms with Gasteiger partial charge in [-0.1, -0.05) is 52.3 Å². The first-order valence-electron chi connectivity index (χ1n) is 6.39. The molecule has 3 heteroatoms. The highest BCUT2D eigenvalue weighted by Gasteiger charge is 2.05. The Hall–Kier alpha value is -1.16. The van der Waals surface area contributed by atoms with Gasteiger partial charge in [0.25, 0.3) is 0 Å². The minimum Gasteiger partial charge on any atom is -0.326 e. The van der Waals surface area contributed by atoms with Crippen LogP contribution < -0.4 is 5.73 Å². The Morgan fingerprint density at radius 3 is 2.21 bits per heavy atom. The first kappa shape index (κ1) is 14.3. The lowest BCUT2D eigenvalue weighted by Crippen LogP contribution is -2.18. The Morgan fingerprint density at radius 1 is 0.947 bits per heavy atom. The van der Waals surface area contributed by atoms with Crippen molar-refractivity contribution in [3.63, 3.8) is 0 Å². The number of benzene rings is 2. The fourth-order valence-corrected chi connectivity index (χ4v) is 2.42. The van der Waals surface area contributed by atoms with E-state index in [1.807, 2.05) is 6.07 Å². The molecule has 0 unspecified atom stereocenters. The molecule has 0 spiro atoms. The van der Waals surface area contributed by atoms with Crippen molar-refractivity contribution >= 4 is 15.9 Å². The Kier molecular flexibility index (Phi) is 5.14. The lowest BCUT2D eigenvalue weighted by molar-refractivity contribution is 0.318. The van der Waals surface area contributed by atoms with Gasteiger partial charge in [0.05, 0.1) is 0 Å². The predicted octanol–water partition coefficient (Wildman–Crippen LogP) is 3.54. The van der Waals surface area contributed by atoms with Crippen LogP contribution in [-0.4, -0.2) is 11.9 Å². The average molecular weight is 319 g/mol. The van der Waals surface area contributed by atoms with E-state index in [0.717, 1.165) is 17.6 Å². The number of nitrogens with zero attached hydrogens (tertiary/aromatic N) is 1. The number of hydrogen-bond acceptors (Lipinski definition) is 2. The molecule has 0 aromatic heterocycles. The molecule has 0 saturated heterocycles. The van der Waals surface area contributed by atoms with Crippen molar-refractivity contribution < 1.29 is 0 Å². The normalized spacial score (nSPS) is 10.9. The van der Waals surface area contributed by atoms with Crippen LogP contribution in [0.25, 0.3) is 0 Å². The van der Waals surface area contributed by atoms with Crippen molar-refractivity contribution in [1.29, 1.82) is 0 Å². The quantitative estimate of drug-likeness (QED) is 0.913. The van der Waals surface area contributed by atoms with Gasteiger partial charge in [-0.25, -0.2) is 0 Å². The maximum atomic E-state index is 5.77. The molecule has 100 valence electrons. The second kappa shape index (κ2) is 6.85. The summed E-state index contributed by atoms with van der Waals surface area (Å²) in [6.45, 7) is 2.46. The van der Waals surface area contributed by atoms with Crippen LogP contribution in [0.3, 0.4) is 0 Å². The molecule has 2 aromatic carbocycles. The van der Waals surface area contributed by atoms with Crippen LogP contribution in [0.5, 0.6) is 0 Å². The zero-order valence-corrected chi connectivity index (χ0v) is 12.7. The van der Waals surface area contributed by atoms with Gasteiger partial charge in [0.2, 0.25) is 0 Å². The van der Waals surface area contributed by atoms with Crippen LogP contribution in [0.15, 0.2) is 53.0 Å². The molecule has 0 fully saturated rings. The fourth-order valence-electron chi connectivity index (χ4n) is 2.16. The van der Waals surface area contributed by atoms with Gasteiger partial charge in [-0.2, -0.15) is 0 Å². The summed E-state index contributed by atoms with van der Waals surface area (Å²) >= 11 is 3.46. The van der Waals surface area contributed by atoms with Gasteiger partial charge in [-0.05, 0) is 35.9 Å². The molecule has 0 heterocycles. The molecular weight excluding hydrogens is 300 g/mol. The molecule has 0 radical (unpaired) electrons. The third-order valence-electron chi connectivity index (χ3n) is 3.14. The average Bonchev–Trinajstić information content (AvgIpc) is 2.42. The summed E-state index contributed by atoms with van der Waals surface area (Å²) in [6, 6.07) is 16.8.